The van der Waals surface area contributed by atoms with Crippen LogP contribution in [0.3, 0.4) is 0 Å². The predicted octanol–water partition coefficient (Wildman–Crippen LogP) is 3.23. The van der Waals surface area contributed by atoms with E-state index in [4.69, 9.17) is 0 Å². The average molecular weight is 245 g/mol. The Hall–Kier alpha value is -2.19. The second-order valence-electron chi connectivity index (χ2n) is 4.89. The molecule has 1 aromatic heterocycles. The topological polar surface area (TPSA) is 24.9 Å². The molecule has 0 amide bonds. The lowest BCUT2D eigenvalue weighted by molar-refractivity contribution is 0.651. The van der Waals surface area contributed by atoms with Crippen molar-refractivity contribution in [1.29, 1.82) is 0 Å². The van der Waals surface area contributed by atoms with Crippen LogP contribution in [0.15, 0.2) is 54.6 Å². The minimum absolute atomic E-state index is 0.192. The number of hydrogen-bond acceptors (Lipinski definition) is 2. The maximum absolute atomic E-state index is 4.50. The normalized spacial score (nSPS) is 17.6. The highest BCUT2D eigenvalue weighted by molar-refractivity contribution is 5.81. The molecular weight excluding hydrogens is 232 g/mol. The van der Waals surface area contributed by atoms with Crippen LogP contribution < -0.4 is 5.32 Å². The molecule has 0 saturated carbocycles. The number of aromatic nitrogens is 1. The van der Waals surface area contributed by atoms with E-state index in [-0.39, 0.29) is 6.04 Å². The Kier molecular flexibility index (Phi) is 2.35. The van der Waals surface area contributed by atoms with E-state index >= 15 is 0 Å². The van der Waals surface area contributed by atoms with Crippen LogP contribution in [0.4, 0.5) is 0 Å². The zero-order valence-corrected chi connectivity index (χ0v) is 10.4. The molecule has 0 bridgehead atoms. The van der Waals surface area contributed by atoms with E-state index in [1.54, 1.807) is 0 Å². The van der Waals surface area contributed by atoms with Gasteiger partial charge < -0.3 is 5.32 Å². The first-order chi connectivity index (χ1) is 9.42. The van der Waals surface area contributed by atoms with E-state index in [0.717, 1.165) is 17.6 Å². The molecule has 1 radical (unpaired) electrons. The Morgan fingerprint density at radius 1 is 1.05 bits per heavy atom. The molecule has 0 spiro atoms. The second kappa shape index (κ2) is 4.18. The number of fused-ring (bicyclic) bond motifs is 2. The van der Waals surface area contributed by atoms with Gasteiger partial charge in [0.25, 0.3) is 0 Å². The van der Waals surface area contributed by atoms with Crippen molar-refractivity contribution in [1.82, 2.24) is 10.3 Å². The molecule has 2 aromatic carbocycles. The van der Waals surface area contributed by atoms with Crippen molar-refractivity contribution in [2.45, 2.75) is 12.6 Å². The maximum atomic E-state index is 4.50. The summed E-state index contributed by atoms with van der Waals surface area (Å²) in [5.41, 5.74) is 3.74. The Bertz CT molecular complexity index is 749. The first kappa shape index (κ1) is 10.7. The minimum atomic E-state index is 0.192. The Balaban J connectivity index is 1.83. The van der Waals surface area contributed by atoms with Gasteiger partial charge in [-0.3, -0.25) is 0 Å². The van der Waals surface area contributed by atoms with Gasteiger partial charge in [0.15, 0.2) is 0 Å². The summed E-state index contributed by atoms with van der Waals surface area (Å²) in [4.78, 5) is 4.50. The molecule has 0 fully saturated rings. The number of rotatable bonds is 1. The summed E-state index contributed by atoms with van der Waals surface area (Å²) in [6, 6.07) is 19.1. The largest absolute Gasteiger partial charge is 0.301 e. The first-order valence-corrected chi connectivity index (χ1v) is 6.50. The quantitative estimate of drug-likeness (QED) is 0.712. The summed E-state index contributed by atoms with van der Waals surface area (Å²) >= 11 is 0. The summed E-state index contributed by atoms with van der Waals surface area (Å²) in [5, 5.41) is 5.78. The van der Waals surface area contributed by atoms with Crippen LogP contribution in [0.2, 0.25) is 0 Å². The van der Waals surface area contributed by atoms with Gasteiger partial charge in [-0.05, 0) is 22.6 Å². The molecule has 91 valence electrons. The van der Waals surface area contributed by atoms with Crippen molar-refractivity contribution in [2.24, 2.45) is 0 Å². The average Bonchev–Trinajstić information content (AvgIpc) is 2.91. The van der Waals surface area contributed by atoms with Gasteiger partial charge in [0.2, 0.25) is 0 Å². The van der Waals surface area contributed by atoms with Gasteiger partial charge in [0.05, 0.1) is 17.9 Å². The summed E-state index contributed by atoms with van der Waals surface area (Å²) < 4.78 is 0. The van der Waals surface area contributed by atoms with Crippen LogP contribution >= 0.6 is 0 Å². The molecule has 19 heavy (non-hydrogen) atoms. The van der Waals surface area contributed by atoms with E-state index in [1.807, 2.05) is 12.1 Å². The molecular formula is C17H13N2. The Morgan fingerprint density at radius 2 is 1.89 bits per heavy atom. The smallest absolute Gasteiger partial charge is 0.0975 e. The van der Waals surface area contributed by atoms with Crippen molar-refractivity contribution in [3.05, 3.63) is 77.6 Å². The highest BCUT2D eigenvalue weighted by atomic mass is 15.0. The fraction of sp³-hybridized carbons (Fsp3) is 0.118. The lowest BCUT2D eigenvalue weighted by Gasteiger charge is -2.12. The maximum Gasteiger partial charge on any atom is 0.0975 e. The Labute approximate surface area is 112 Å². The SMILES string of the molecule is [c]1nc(C2NCc3ccccc32)cc2ccccc12. The van der Waals surface area contributed by atoms with Crippen molar-refractivity contribution in [3.63, 3.8) is 0 Å². The van der Waals surface area contributed by atoms with E-state index in [2.05, 4.69) is 59.0 Å². The molecule has 0 aliphatic carbocycles. The van der Waals surface area contributed by atoms with Gasteiger partial charge in [-0.1, -0.05) is 48.5 Å². The van der Waals surface area contributed by atoms with Crippen LogP contribution in [-0.2, 0) is 6.54 Å². The van der Waals surface area contributed by atoms with Crippen molar-refractivity contribution >= 4 is 10.8 Å². The fourth-order valence-corrected chi connectivity index (χ4v) is 2.75. The molecule has 2 nitrogen and oxygen atoms in total. The van der Waals surface area contributed by atoms with Gasteiger partial charge in [-0.25, -0.2) is 4.98 Å². The van der Waals surface area contributed by atoms with Crippen LogP contribution in [0.5, 0.6) is 0 Å². The highest BCUT2D eigenvalue weighted by Gasteiger charge is 2.23. The molecule has 2 heterocycles. The van der Waals surface area contributed by atoms with Gasteiger partial charge >= 0.3 is 0 Å². The number of pyridine rings is 1. The molecule has 2 heteroatoms. The minimum Gasteiger partial charge on any atom is -0.301 e. The van der Waals surface area contributed by atoms with Gasteiger partial charge in [-0.2, -0.15) is 0 Å². The summed E-state index contributed by atoms with van der Waals surface area (Å²) in [7, 11) is 0. The number of nitrogens with zero attached hydrogens (tertiary/aromatic N) is 1. The molecule has 1 aliphatic rings. The summed E-state index contributed by atoms with van der Waals surface area (Å²) in [6.07, 6.45) is 3.14. The zero-order valence-electron chi connectivity index (χ0n) is 10.4. The molecule has 4 rings (SSSR count). The Morgan fingerprint density at radius 3 is 2.89 bits per heavy atom. The number of hydrogen-bond donors (Lipinski definition) is 1. The molecule has 1 aliphatic heterocycles. The molecule has 1 unspecified atom stereocenters. The van der Waals surface area contributed by atoms with E-state index in [9.17, 15) is 0 Å². The van der Waals surface area contributed by atoms with E-state index in [0.29, 0.717) is 0 Å². The van der Waals surface area contributed by atoms with E-state index in [1.165, 1.54) is 16.5 Å². The predicted molar refractivity (Wildman–Crippen MR) is 75.7 cm³/mol. The second-order valence-corrected chi connectivity index (χ2v) is 4.89. The van der Waals surface area contributed by atoms with Gasteiger partial charge in [-0.15, -0.1) is 0 Å². The van der Waals surface area contributed by atoms with Gasteiger partial charge in [0, 0.05) is 11.9 Å². The third-order valence-corrected chi connectivity index (χ3v) is 3.73. The monoisotopic (exact) mass is 245 g/mol. The molecule has 1 N–H and O–H groups in total. The summed E-state index contributed by atoms with van der Waals surface area (Å²) in [5.74, 6) is 0. The molecule has 1 atom stereocenters. The number of nitrogens with one attached hydrogen (secondary N) is 1. The lowest BCUT2D eigenvalue weighted by Crippen LogP contribution is -2.14. The summed E-state index contributed by atoms with van der Waals surface area (Å²) in [6.45, 7) is 0.912. The zero-order chi connectivity index (χ0) is 12.7. The fourth-order valence-electron chi connectivity index (χ4n) is 2.75. The van der Waals surface area contributed by atoms with Crippen LogP contribution in [0, 0.1) is 6.20 Å². The van der Waals surface area contributed by atoms with Crippen LogP contribution in [-0.4, -0.2) is 4.98 Å². The standard InChI is InChI=1S/C17H13N2/c1-2-6-13-10-18-16(9-12(13)5-1)17-15-8-4-3-7-14(15)11-19-17/h1-9,17,19H,11H2. The third-order valence-electron chi connectivity index (χ3n) is 3.73. The third kappa shape index (κ3) is 1.72. The van der Waals surface area contributed by atoms with Crippen molar-refractivity contribution in [2.75, 3.05) is 0 Å². The first-order valence-electron chi connectivity index (χ1n) is 6.50. The lowest BCUT2D eigenvalue weighted by atomic mass is 10.0. The molecule has 0 saturated heterocycles. The van der Waals surface area contributed by atoms with Crippen LogP contribution in [0.25, 0.3) is 10.8 Å². The van der Waals surface area contributed by atoms with E-state index < -0.39 is 0 Å². The number of benzene rings is 2. The molecule has 3 aromatic rings. The van der Waals surface area contributed by atoms with Crippen molar-refractivity contribution in [3.8, 4) is 0 Å². The highest BCUT2D eigenvalue weighted by Crippen LogP contribution is 2.30. The van der Waals surface area contributed by atoms with Crippen LogP contribution in [0.1, 0.15) is 22.9 Å². The van der Waals surface area contributed by atoms with Crippen molar-refractivity contribution < 1.29 is 0 Å². The van der Waals surface area contributed by atoms with Gasteiger partial charge in [0.1, 0.15) is 0 Å².